The summed E-state index contributed by atoms with van der Waals surface area (Å²) in [5.41, 5.74) is 5.86. The number of amides is 2. The van der Waals surface area contributed by atoms with E-state index in [2.05, 4.69) is 10.6 Å². The van der Waals surface area contributed by atoms with Gasteiger partial charge in [0.2, 0.25) is 5.91 Å². The first-order valence-corrected chi connectivity index (χ1v) is 11.7. The second kappa shape index (κ2) is 9.31. The van der Waals surface area contributed by atoms with E-state index in [9.17, 15) is 19.5 Å². The number of rotatable bonds is 6. The minimum Gasteiger partial charge on any atom is -0.478 e. The van der Waals surface area contributed by atoms with Gasteiger partial charge in [0, 0.05) is 23.5 Å². The predicted molar refractivity (Wildman–Crippen MR) is 140 cm³/mol. The van der Waals surface area contributed by atoms with Crippen LogP contribution in [0.4, 0.5) is 17.1 Å². The number of nitrogens with zero attached hydrogens (tertiary/aromatic N) is 2. The van der Waals surface area contributed by atoms with E-state index in [-0.39, 0.29) is 17.4 Å². The highest BCUT2D eigenvalue weighted by molar-refractivity contribution is 6.37. The molecule has 2 aliphatic rings. The summed E-state index contributed by atoms with van der Waals surface area (Å²) in [6.45, 7) is 0.988. The Kier molecular flexibility index (Phi) is 6.03. The molecule has 0 saturated heterocycles. The van der Waals surface area contributed by atoms with Crippen LogP contribution in [0.2, 0.25) is 0 Å². The molecule has 3 aromatic carbocycles. The summed E-state index contributed by atoms with van der Waals surface area (Å²) in [4.78, 5) is 40.8. The summed E-state index contributed by atoms with van der Waals surface area (Å²) >= 11 is 0. The van der Waals surface area contributed by atoms with Gasteiger partial charge in [-0.1, -0.05) is 36.4 Å². The number of carboxylic acids is 1. The van der Waals surface area contributed by atoms with Gasteiger partial charge in [-0.25, -0.2) is 4.79 Å². The first kappa shape index (κ1) is 23.3. The van der Waals surface area contributed by atoms with Gasteiger partial charge < -0.3 is 25.5 Å². The number of likely N-dealkylation sites (N-methyl/N-ethyl adjacent to an activating group) is 1. The lowest BCUT2D eigenvalue weighted by molar-refractivity contribution is -0.119. The molecule has 182 valence electrons. The molecule has 0 bridgehead atoms. The van der Waals surface area contributed by atoms with Crippen LogP contribution in [0.3, 0.4) is 0 Å². The second-order valence-electron chi connectivity index (χ2n) is 9.14. The largest absolute Gasteiger partial charge is 0.478 e. The number of carbonyl (C=O) groups is 3. The molecule has 8 heteroatoms. The van der Waals surface area contributed by atoms with Crippen molar-refractivity contribution in [3.63, 3.8) is 0 Å². The number of carboxylic acid groups (broad SMARTS) is 1. The Bertz CT molecular complexity index is 1410. The number of benzene rings is 3. The Morgan fingerprint density at radius 1 is 1.03 bits per heavy atom. The number of nitrogens with one attached hydrogen (secondary N) is 2. The average molecular weight is 483 g/mol. The van der Waals surface area contributed by atoms with Crippen molar-refractivity contribution >= 4 is 46.1 Å². The highest BCUT2D eigenvalue weighted by Gasteiger charge is 2.30. The average Bonchev–Trinajstić information content (AvgIpc) is 3.42. The molecule has 5 rings (SSSR count). The number of fused-ring (bicyclic) bond motifs is 2. The molecule has 2 amide bonds. The van der Waals surface area contributed by atoms with Gasteiger partial charge in [-0.15, -0.1) is 0 Å². The molecule has 2 aliphatic heterocycles. The Morgan fingerprint density at radius 3 is 2.53 bits per heavy atom. The summed E-state index contributed by atoms with van der Waals surface area (Å²) in [7, 11) is 3.75. The minimum atomic E-state index is -1.05. The molecule has 0 fully saturated rings. The minimum absolute atomic E-state index is 0.0616. The van der Waals surface area contributed by atoms with Gasteiger partial charge in [0.1, 0.15) is 0 Å². The number of hydrogen-bond donors (Lipinski definition) is 3. The molecular weight excluding hydrogens is 456 g/mol. The van der Waals surface area contributed by atoms with Crippen molar-refractivity contribution in [2.45, 2.75) is 6.42 Å². The summed E-state index contributed by atoms with van der Waals surface area (Å²) in [5.74, 6) is -1.30. The fraction of sp³-hybridized carbons (Fsp3) is 0.179. The van der Waals surface area contributed by atoms with E-state index >= 15 is 0 Å². The van der Waals surface area contributed by atoms with E-state index in [4.69, 9.17) is 0 Å². The number of carbonyl (C=O) groups excluding carboxylic acids is 2. The first-order valence-electron chi connectivity index (χ1n) is 11.7. The topological polar surface area (TPSA) is 102 Å². The van der Waals surface area contributed by atoms with Gasteiger partial charge in [-0.3, -0.25) is 9.59 Å². The third kappa shape index (κ3) is 4.34. The maximum atomic E-state index is 13.1. The van der Waals surface area contributed by atoms with Crippen LogP contribution in [0.25, 0.3) is 11.3 Å². The molecular formula is C28H26N4O4. The monoisotopic (exact) mass is 482 g/mol. The fourth-order valence-corrected chi connectivity index (χ4v) is 4.68. The summed E-state index contributed by atoms with van der Waals surface area (Å²) in [6.07, 6.45) is 0.753. The zero-order valence-electron chi connectivity index (χ0n) is 20.0. The smallest absolute Gasteiger partial charge is 0.335 e. The standard InChI is InChI=1S/C28H26N4O4/c1-31(2)16-24(33)32-13-12-18-14-20(9-11-23(18)32)29-26(17-6-4-3-5-7-17)25-21-10-8-19(28(35)36)15-22(21)30-27(25)34/h3-11,14-15,29H,12-13,16H2,1-2H3,(H,30,34)(H,35,36)/b26-25-. The van der Waals surface area contributed by atoms with Crippen LogP contribution in [0, 0.1) is 0 Å². The molecule has 3 N–H and O–H groups in total. The Hall–Kier alpha value is -4.43. The van der Waals surface area contributed by atoms with Crippen molar-refractivity contribution in [2.24, 2.45) is 0 Å². The lowest BCUT2D eigenvalue weighted by Gasteiger charge is -2.20. The molecule has 0 spiro atoms. The molecule has 0 aliphatic carbocycles. The van der Waals surface area contributed by atoms with E-state index < -0.39 is 5.97 Å². The van der Waals surface area contributed by atoms with Crippen molar-refractivity contribution in [3.05, 3.63) is 89.0 Å². The second-order valence-corrected chi connectivity index (χ2v) is 9.14. The molecule has 2 heterocycles. The van der Waals surface area contributed by atoms with Gasteiger partial charge >= 0.3 is 5.97 Å². The third-order valence-electron chi connectivity index (χ3n) is 6.32. The normalized spacial score (nSPS) is 15.4. The quantitative estimate of drug-likeness (QED) is 0.463. The zero-order chi connectivity index (χ0) is 25.4. The molecule has 36 heavy (non-hydrogen) atoms. The summed E-state index contributed by atoms with van der Waals surface area (Å²) in [6, 6.07) is 20.0. The zero-order valence-corrected chi connectivity index (χ0v) is 20.0. The summed E-state index contributed by atoms with van der Waals surface area (Å²) < 4.78 is 0. The van der Waals surface area contributed by atoms with Crippen molar-refractivity contribution < 1.29 is 19.5 Å². The molecule has 8 nitrogen and oxygen atoms in total. The highest BCUT2D eigenvalue weighted by atomic mass is 16.4. The molecule has 0 unspecified atom stereocenters. The third-order valence-corrected chi connectivity index (χ3v) is 6.32. The number of anilines is 3. The number of hydrogen-bond acceptors (Lipinski definition) is 5. The maximum Gasteiger partial charge on any atom is 0.335 e. The van der Waals surface area contributed by atoms with E-state index in [1.54, 1.807) is 6.07 Å². The first-order chi connectivity index (χ1) is 17.3. The van der Waals surface area contributed by atoms with E-state index in [0.29, 0.717) is 35.6 Å². The summed E-state index contributed by atoms with van der Waals surface area (Å²) in [5, 5.41) is 15.6. The molecule has 0 aromatic heterocycles. The molecule has 3 aromatic rings. The van der Waals surface area contributed by atoms with Gasteiger partial charge in [-0.05, 0) is 62.0 Å². The predicted octanol–water partition coefficient (Wildman–Crippen LogP) is 3.77. The molecule has 0 radical (unpaired) electrons. The van der Waals surface area contributed by atoms with Crippen LogP contribution in [-0.4, -0.2) is 55.0 Å². The van der Waals surface area contributed by atoms with Crippen LogP contribution >= 0.6 is 0 Å². The van der Waals surface area contributed by atoms with Gasteiger partial charge in [-0.2, -0.15) is 0 Å². The van der Waals surface area contributed by atoms with Crippen LogP contribution in [0.5, 0.6) is 0 Å². The Labute approximate surface area is 208 Å². The lowest BCUT2D eigenvalue weighted by Crippen LogP contribution is -2.36. The van der Waals surface area contributed by atoms with Gasteiger partial charge in [0.15, 0.2) is 0 Å². The van der Waals surface area contributed by atoms with Crippen molar-refractivity contribution in [1.29, 1.82) is 0 Å². The van der Waals surface area contributed by atoms with Crippen molar-refractivity contribution in [2.75, 3.05) is 42.7 Å². The number of aromatic carboxylic acids is 1. The van der Waals surface area contributed by atoms with Crippen LogP contribution in [0.15, 0.2) is 66.7 Å². The van der Waals surface area contributed by atoms with E-state index in [0.717, 1.165) is 28.9 Å². The van der Waals surface area contributed by atoms with Gasteiger partial charge in [0.25, 0.3) is 5.91 Å². The van der Waals surface area contributed by atoms with Crippen LogP contribution in [0.1, 0.15) is 27.0 Å². The van der Waals surface area contributed by atoms with E-state index in [1.807, 2.05) is 72.4 Å². The van der Waals surface area contributed by atoms with Gasteiger partial charge in [0.05, 0.1) is 29.1 Å². The lowest BCUT2D eigenvalue weighted by atomic mass is 9.99. The maximum absolute atomic E-state index is 13.1. The Balaban J connectivity index is 1.54. The van der Waals surface area contributed by atoms with E-state index in [1.165, 1.54) is 12.1 Å². The van der Waals surface area contributed by atoms with Crippen molar-refractivity contribution in [3.8, 4) is 0 Å². The Morgan fingerprint density at radius 2 is 1.81 bits per heavy atom. The molecule has 0 saturated carbocycles. The fourth-order valence-electron chi connectivity index (χ4n) is 4.68. The molecule has 0 atom stereocenters. The SMILES string of the molecule is CN(C)CC(=O)N1CCc2cc(N/C(=C3\C(=O)Nc4cc(C(=O)O)ccc43)c3ccccc3)ccc21. The van der Waals surface area contributed by atoms with Crippen LogP contribution in [-0.2, 0) is 16.0 Å². The highest BCUT2D eigenvalue weighted by Crippen LogP contribution is 2.39. The van der Waals surface area contributed by atoms with Crippen LogP contribution < -0.4 is 15.5 Å². The van der Waals surface area contributed by atoms with Crippen molar-refractivity contribution in [1.82, 2.24) is 4.90 Å².